The summed E-state index contributed by atoms with van der Waals surface area (Å²) < 4.78 is 0. The second-order valence-electron chi connectivity index (χ2n) is 5.03. The normalized spacial score (nSPS) is 15.4. The van der Waals surface area contributed by atoms with E-state index in [0.717, 1.165) is 18.7 Å². The molecule has 2 rings (SSSR count). The smallest absolute Gasteiger partial charge is 0.319 e. The van der Waals surface area contributed by atoms with Gasteiger partial charge in [0.05, 0.1) is 4.92 Å². The summed E-state index contributed by atoms with van der Waals surface area (Å²) in [5.41, 5.74) is 0.00930. The zero-order valence-electron chi connectivity index (χ0n) is 11.7. The summed E-state index contributed by atoms with van der Waals surface area (Å²) in [4.78, 5) is 18.9. The standard InChI is InChI=1S/C13H20N4O2S/c1-2-7-14-13-15-8-11(17(18)19)12(16-13)20-9-10-5-3-4-6-10/h8,10H,2-7,9H2,1H3,(H,14,15,16). The van der Waals surface area contributed by atoms with Gasteiger partial charge in [0.2, 0.25) is 5.95 Å². The third-order valence-corrected chi connectivity index (χ3v) is 4.61. The van der Waals surface area contributed by atoms with E-state index in [9.17, 15) is 10.1 Å². The molecule has 1 heterocycles. The number of nitro groups is 1. The van der Waals surface area contributed by atoms with E-state index in [1.54, 1.807) is 0 Å². The van der Waals surface area contributed by atoms with Gasteiger partial charge < -0.3 is 5.32 Å². The number of rotatable bonds is 7. The van der Waals surface area contributed by atoms with Crippen molar-refractivity contribution in [3.8, 4) is 0 Å². The van der Waals surface area contributed by atoms with Crippen molar-refractivity contribution in [1.82, 2.24) is 9.97 Å². The summed E-state index contributed by atoms with van der Waals surface area (Å²) in [5, 5.41) is 14.6. The number of thioether (sulfide) groups is 1. The molecule has 0 unspecified atom stereocenters. The first-order valence-electron chi connectivity index (χ1n) is 7.08. The maximum absolute atomic E-state index is 11.0. The molecule has 0 radical (unpaired) electrons. The molecule has 0 spiro atoms. The number of hydrogen-bond acceptors (Lipinski definition) is 6. The number of aromatic nitrogens is 2. The van der Waals surface area contributed by atoms with Crippen molar-refractivity contribution >= 4 is 23.4 Å². The van der Waals surface area contributed by atoms with Crippen molar-refractivity contribution < 1.29 is 4.92 Å². The van der Waals surface area contributed by atoms with Crippen molar-refractivity contribution in [1.29, 1.82) is 0 Å². The maximum Gasteiger partial charge on any atom is 0.319 e. The molecule has 0 atom stereocenters. The van der Waals surface area contributed by atoms with Crippen LogP contribution >= 0.6 is 11.8 Å². The summed E-state index contributed by atoms with van der Waals surface area (Å²) in [6.07, 6.45) is 7.29. The van der Waals surface area contributed by atoms with Crippen LogP contribution in [0.25, 0.3) is 0 Å². The fraction of sp³-hybridized carbons (Fsp3) is 0.692. The average Bonchev–Trinajstić information content (AvgIpc) is 2.96. The fourth-order valence-electron chi connectivity index (χ4n) is 2.29. The monoisotopic (exact) mass is 296 g/mol. The Kier molecular flexibility index (Phi) is 5.58. The van der Waals surface area contributed by atoms with Crippen molar-refractivity contribution in [3.63, 3.8) is 0 Å². The lowest BCUT2D eigenvalue weighted by atomic mass is 10.1. The number of hydrogen-bond donors (Lipinski definition) is 1. The van der Waals surface area contributed by atoms with E-state index in [0.29, 0.717) is 16.9 Å². The molecule has 1 aliphatic rings. The van der Waals surface area contributed by atoms with E-state index in [-0.39, 0.29) is 5.69 Å². The van der Waals surface area contributed by atoms with Gasteiger partial charge in [0, 0.05) is 12.3 Å². The highest BCUT2D eigenvalue weighted by molar-refractivity contribution is 7.99. The van der Waals surface area contributed by atoms with E-state index in [1.165, 1.54) is 43.6 Å². The lowest BCUT2D eigenvalue weighted by Gasteiger charge is -2.09. The third-order valence-electron chi connectivity index (χ3n) is 3.40. The first kappa shape index (κ1) is 15.0. The van der Waals surface area contributed by atoms with Gasteiger partial charge in [-0.15, -0.1) is 0 Å². The van der Waals surface area contributed by atoms with E-state index in [4.69, 9.17) is 0 Å². The average molecular weight is 296 g/mol. The van der Waals surface area contributed by atoms with Gasteiger partial charge in [0.25, 0.3) is 0 Å². The molecule has 1 aromatic heterocycles. The van der Waals surface area contributed by atoms with Gasteiger partial charge >= 0.3 is 5.69 Å². The molecule has 0 bridgehead atoms. The van der Waals surface area contributed by atoms with Crippen molar-refractivity contribution in [2.75, 3.05) is 17.6 Å². The van der Waals surface area contributed by atoms with Crippen LogP contribution in [0, 0.1) is 16.0 Å². The van der Waals surface area contributed by atoms with E-state index in [2.05, 4.69) is 15.3 Å². The highest BCUT2D eigenvalue weighted by Crippen LogP contribution is 2.33. The van der Waals surface area contributed by atoms with Crippen molar-refractivity contribution in [2.24, 2.45) is 5.92 Å². The van der Waals surface area contributed by atoms with Gasteiger partial charge in [-0.1, -0.05) is 31.5 Å². The topological polar surface area (TPSA) is 81.0 Å². The molecule has 1 N–H and O–H groups in total. The van der Waals surface area contributed by atoms with E-state index >= 15 is 0 Å². The Morgan fingerprint density at radius 1 is 1.50 bits per heavy atom. The SMILES string of the molecule is CCCNc1ncc([N+](=O)[O-])c(SCC2CCCC2)n1. The molecule has 20 heavy (non-hydrogen) atoms. The van der Waals surface area contributed by atoms with Gasteiger partial charge in [-0.25, -0.2) is 4.98 Å². The minimum atomic E-state index is -0.402. The zero-order valence-corrected chi connectivity index (χ0v) is 12.5. The minimum Gasteiger partial charge on any atom is -0.354 e. The van der Waals surface area contributed by atoms with Crippen LogP contribution in [0.2, 0.25) is 0 Å². The van der Waals surface area contributed by atoms with Crippen LogP contribution in [-0.4, -0.2) is 27.2 Å². The Morgan fingerprint density at radius 3 is 2.90 bits per heavy atom. The molecule has 1 aromatic rings. The first-order chi connectivity index (χ1) is 9.70. The number of nitrogens with zero attached hydrogens (tertiary/aromatic N) is 3. The minimum absolute atomic E-state index is 0.00930. The number of nitrogens with one attached hydrogen (secondary N) is 1. The Balaban J connectivity index is 2.06. The Hall–Kier alpha value is -1.37. The Labute approximate surface area is 122 Å². The lowest BCUT2D eigenvalue weighted by molar-refractivity contribution is -0.388. The highest BCUT2D eigenvalue weighted by atomic mass is 32.2. The van der Waals surface area contributed by atoms with E-state index < -0.39 is 4.92 Å². The third kappa shape index (κ3) is 4.06. The van der Waals surface area contributed by atoms with Gasteiger partial charge in [-0.3, -0.25) is 10.1 Å². The molecule has 7 heteroatoms. The molecular weight excluding hydrogens is 276 g/mol. The summed E-state index contributed by atoms with van der Waals surface area (Å²) in [5.74, 6) is 2.05. The first-order valence-corrected chi connectivity index (χ1v) is 8.07. The van der Waals surface area contributed by atoms with Gasteiger partial charge in [-0.2, -0.15) is 4.98 Å². The maximum atomic E-state index is 11.0. The van der Waals surface area contributed by atoms with Crippen molar-refractivity contribution in [3.05, 3.63) is 16.3 Å². The summed E-state index contributed by atoms with van der Waals surface area (Å²) >= 11 is 1.49. The van der Waals surface area contributed by atoms with Crippen LogP contribution in [-0.2, 0) is 0 Å². The second-order valence-corrected chi connectivity index (χ2v) is 6.04. The quantitative estimate of drug-likeness (QED) is 0.359. The molecular formula is C13H20N4O2S. The molecule has 0 amide bonds. The summed E-state index contributed by atoms with van der Waals surface area (Å²) in [6.45, 7) is 2.82. The zero-order chi connectivity index (χ0) is 14.4. The van der Waals surface area contributed by atoms with Gasteiger partial charge in [-0.05, 0) is 25.2 Å². The summed E-state index contributed by atoms with van der Waals surface area (Å²) in [6, 6.07) is 0. The Bertz CT molecular complexity index is 464. The van der Waals surface area contributed by atoms with Crippen LogP contribution in [0.1, 0.15) is 39.0 Å². The van der Waals surface area contributed by atoms with Gasteiger partial charge in [0.15, 0.2) is 5.03 Å². The molecule has 0 aromatic carbocycles. The van der Waals surface area contributed by atoms with Crippen LogP contribution in [0.15, 0.2) is 11.2 Å². The van der Waals surface area contributed by atoms with Crippen LogP contribution < -0.4 is 5.32 Å². The fourth-order valence-corrected chi connectivity index (χ4v) is 3.44. The molecule has 1 aliphatic carbocycles. The van der Waals surface area contributed by atoms with Crippen molar-refractivity contribution in [2.45, 2.75) is 44.1 Å². The number of anilines is 1. The lowest BCUT2D eigenvalue weighted by Crippen LogP contribution is -2.07. The predicted octanol–water partition coefficient (Wildman–Crippen LogP) is 3.49. The summed E-state index contributed by atoms with van der Waals surface area (Å²) in [7, 11) is 0. The molecule has 1 fully saturated rings. The molecule has 6 nitrogen and oxygen atoms in total. The molecule has 0 aliphatic heterocycles. The molecule has 110 valence electrons. The largest absolute Gasteiger partial charge is 0.354 e. The highest BCUT2D eigenvalue weighted by Gasteiger charge is 2.21. The molecule has 0 saturated heterocycles. The predicted molar refractivity (Wildman–Crippen MR) is 80.1 cm³/mol. The molecule has 1 saturated carbocycles. The van der Waals surface area contributed by atoms with Gasteiger partial charge in [0.1, 0.15) is 6.20 Å². The van der Waals surface area contributed by atoms with Crippen LogP contribution in [0.3, 0.4) is 0 Å². The second kappa shape index (κ2) is 7.42. The van der Waals surface area contributed by atoms with E-state index in [1.807, 2.05) is 6.92 Å². The van der Waals surface area contributed by atoms with Crippen LogP contribution in [0.5, 0.6) is 0 Å². The Morgan fingerprint density at radius 2 is 2.25 bits per heavy atom. The van der Waals surface area contributed by atoms with Crippen LogP contribution in [0.4, 0.5) is 11.6 Å².